The highest BCUT2D eigenvalue weighted by molar-refractivity contribution is 5.95. The Morgan fingerprint density at radius 2 is 1.92 bits per heavy atom. The van der Waals surface area contributed by atoms with Gasteiger partial charge in [-0.15, -0.1) is 0 Å². The largest absolute Gasteiger partial charge is 0.481 e. The van der Waals surface area contributed by atoms with Gasteiger partial charge in [-0.3, -0.25) is 9.48 Å². The summed E-state index contributed by atoms with van der Waals surface area (Å²) >= 11 is 0. The Morgan fingerprint density at radius 3 is 2.58 bits per heavy atom. The summed E-state index contributed by atoms with van der Waals surface area (Å²) in [6.45, 7) is 3.09. The first-order valence-corrected chi connectivity index (χ1v) is 8.57. The molecule has 0 atom stereocenters. The first-order chi connectivity index (χ1) is 12.7. The Bertz CT molecular complexity index is 857. The molecule has 134 valence electrons. The Balaban J connectivity index is 1.68. The van der Waals surface area contributed by atoms with Crippen molar-refractivity contribution < 1.29 is 9.53 Å². The van der Waals surface area contributed by atoms with Crippen molar-refractivity contribution >= 4 is 5.91 Å². The number of ether oxygens (including phenoxy) is 1. The minimum Gasteiger partial charge on any atom is -0.481 e. The minimum atomic E-state index is -0.128. The average Bonchev–Trinajstić information content (AvgIpc) is 3.10. The molecule has 2 aromatic heterocycles. The topological polar surface area (TPSA) is 69.0 Å². The number of nitrogens with zero attached hydrogens (tertiary/aromatic N) is 3. The molecule has 26 heavy (non-hydrogen) atoms. The van der Waals surface area contributed by atoms with E-state index in [0.717, 1.165) is 23.2 Å². The normalized spacial score (nSPS) is 10.5. The van der Waals surface area contributed by atoms with Crippen molar-refractivity contribution in [1.82, 2.24) is 20.1 Å². The van der Waals surface area contributed by atoms with Crippen molar-refractivity contribution in [1.29, 1.82) is 0 Å². The van der Waals surface area contributed by atoms with Crippen molar-refractivity contribution in [3.63, 3.8) is 0 Å². The molecule has 1 N–H and O–H groups in total. The van der Waals surface area contributed by atoms with E-state index in [1.807, 2.05) is 35.9 Å². The molecule has 1 amide bonds. The summed E-state index contributed by atoms with van der Waals surface area (Å²) in [7, 11) is 1.57. The third kappa shape index (κ3) is 4.08. The van der Waals surface area contributed by atoms with Crippen molar-refractivity contribution in [2.24, 2.45) is 0 Å². The number of pyridine rings is 1. The second kappa shape index (κ2) is 8.29. The van der Waals surface area contributed by atoms with Crippen LogP contribution in [0.1, 0.15) is 34.1 Å². The van der Waals surface area contributed by atoms with Gasteiger partial charge in [0.25, 0.3) is 5.91 Å². The summed E-state index contributed by atoms with van der Waals surface area (Å²) < 4.78 is 6.92. The molecular formula is C20H22N4O2. The van der Waals surface area contributed by atoms with Crippen molar-refractivity contribution in [2.45, 2.75) is 26.4 Å². The first-order valence-electron chi connectivity index (χ1n) is 8.57. The molecule has 0 aliphatic carbocycles. The number of carbonyl (C=O) groups excluding carboxylic acids is 1. The second-order valence-electron chi connectivity index (χ2n) is 5.89. The zero-order valence-corrected chi connectivity index (χ0v) is 15.0. The number of carbonyl (C=O) groups is 1. The van der Waals surface area contributed by atoms with Gasteiger partial charge in [0.15, 0.2) is 0 Å². The van der Waals surface area contributed by atoms with Gasteiger partial charge in [0, 0.05) is 18.8 Å². The molecule has 6 nitrogen and oxygen atoms in total. The smallest absolute Gasteiger partial charge is 0.255 e. The van der Waals surface area contributed by atoms with Crippen LogP contribution in [0.25, 0.3) is 0 Å². The molecule has 0 aliphatic heterocycles. The minimum absolute atomic E-state index is 0.128. The van der Waals surface area contributed by atoms with E-state index in [1.54, 1.807) is 25.6 Å². The highest BCUT2D eigenvalue weighted by atomic mass is 16.5. The Labute approximate surface area is 152 Å². The summed E-state index contributed by atoms with van der Waals surface area (Å²) in [4.78, 5) is 16.7. The lowest BCUT2D eigenvalue weighted by molar-refractivity contribution is 0.0950. The van der Waals surface area contributed by atoms with Crippen molar-refractivity contribution in [2.75, 3.05) is 7.11 Å². The van der Waals surface area contributed by atoms with E-state index >= 15 is 0 Å². The first kappa shape index (κ1) is 17.7. The average molecular weight is 350 g/mol. The van der Waals surface area contributed by atoms with E-state index in [0.29, 0.717) is 24.5 Å². The van der Waals surface area contributed by atoms with Crippen LogP contribution in [0.5, 0.6) is 5.88 Å². The fourth-order valence-electron chi connectivity index (χ4n) is 2.78. The monoisotopic (exact) mass is 350 g/mol. The van der Waals surface area contributed by atoms with Gasteiger partial charge in [-0.2, -0.15) is 5.10 Å². The third-order valence-corrected chi connectivity index (χ3v) is 4.16. The van der Waals surface area contributed by atoms with Crippen LogP contribution in [-0.2, 0) is 19.5 Å². The van der Waals surface area contributed by atoms with Gasteiger partial charge in [0.05, 0.1) is 31.1 Å². The Morgan fingerprint density at radius 1 is 1.12 bits per heavy atom. The van der Waals surface area contributed by atoms with E-state index in [9.17, 15) is 4.79 Å². The van der Waals surface area contributed by atoms with E-state index in [-0.39, 0.29) is 5.91 Å². The zero-order valence-electron chi connectivity index (χ0n) is 15.0. The molecule has 0 aliphatic rings. The molecule has 6 heteroatoms. The molecule has 0 unspecified atom stereocenters. The number of benzene rings is 1. The number of hydrogen-bond acceptors (Lipinski definition) is 4. The summed E-state index contributed by atoms with van der Waals surface area (Å²) in [6.07, 6.45) is 4.07. The standard InChI is InChI=1S/C20H22N4O2/c1-3-18-17(13-23-24(18)14-15-7-5-4-6-8-15)20(25)22-12-16-9-10-19(26-2)21-11-16/h4-11,13H,3,12,14H2,1-2H3,(H,22,25). The summed E-state index contributed by atoms with van der Waals surface area (Å²) in [5.74, 6) is 0.424. The zero-order chi connectivity index (χ0) is 18.4. The molecule has 3 aromatic rings. The van der Waals surface area contributed by atoms with Gasteiger partial charge in [-0.25, -0.2) is 4.98 Å². The summed E-state index contributed by atoms with van der Waals surface area (Å²) in [5.41, 5.74) is 3.61. The number of rotatable bonds is 7. The van der Waals surface area contributed by atoms with Crippen LogP contribution in [0.4, 0.5) is 0 Å². The van der Waals surface area contributed by atoms with Crippen molar-refractivity contribution in [3.8, 4) is 5.88 Å². The van der Waals surface area contributed by atoms with E-state index in [1.165, 1.54) is 0 Å². The molecule has 0 spiro atoms. The number of hydrogen-bond donors (Lipinski definition) is 1. The third-order valence-electron chi connectivity index (χ3n) is 4.16. The molecule has 0 fully saturated rings. The van der Waals surface area contributed by atoms with E-state index in [2.05, 4.69) is 27.5 Å². The number of methoxy groups -OCH3 is 1. The van der Waals surface area contributed by atoms with Crippen LogP contribution in [0.15, 0.2) is 54.9 Å². The van der Waals surface area contributed by atoms with E-state index < -0.39 is 0 Å². The fraction of sp³-hybridized carbons (Fsp3) is 0.250. The molecule has 2 heterocycles. The number of nitrogens with one attached hydrogen (secondary N) is 1. The summed E-state index contributed by atoms with van der Waals surface area (Å²) in [5, 5.41) is 7.34. The SMILES string of the molecule is CCc1c(C(=O)NCc2ccc(OC)nc2)cnn1Cc1ccccc1. The molecular weight excluding hydrogens is 328 g/mol. The van der Waals surface area contributed by atoms with Gasteiger partial charge in [0.1, 0.15) is 0 Å². The highest BCUT2D eigenvalue weighted by Crippen LogP contribution is 2.13. The number of aromatic nitrogens is 3. The lowest BCUT2D eigenvalue weighted by Gasteiger charge is -2.09. The molecule has 0 saturated carbocycles. The van der Waals surface area contributed by atoms with Gasteiger partial charge >= 0.3 is 0 Å². The fourth-order valence-corrected chi connectivity index (χ4v) is 2.78. The van der Waals surface area contributed by atoms with Gasteiger partial charge in [0.2, 0.25) is 5.88 Å². The van der Waals surface area contributed by atoms with E-state index in [4.69, 9.17) is 4.74 Å². The predicted octanol–water partition coefficient (Wildman–Crippen LogP) is 2.83. The second-order valence-corrected chi connectivity index (χ2v) is 5.89. The van der Waals surface area contributed by atoms with Crippen LogP contribution in [0.2, 0.25) is 0 Å². The van der Waals surface area contributed by atoms with Gasteiger partial charge in [-0.05, 0) is 17.5 Å². The molecule has 0 bridgehead atoms. The number of amides is 1. The molecule has 3 rings (SSSR count). The van der Waals surface area contributed by atoms with Crippen LogP contribution < -0.4 is 10.1 Å². The van der Waals surface area contributed by atoms with Crippen molar-refractivity contribution in [3.05, 3.63) is 77.2 Å². The Kier molecular flexibility index (Phi) is 5.63. The molecule has 0 radical (unpaired) electrons. The lowest BCUT2D eigenvalue weighted by atomic mass is 10.1. The molecule has 1 aromatic carbocycles. The van der Waals surface area contributed by atoms with Gasteiger partial charge < -0.3 is 10.1 Å². The van der Waals surface area contributed by atoms with Crippen LogP contribution in [0.3, 0.4) is 0 Å². The quantitative estimate of drug-likeness (QED) is 0.711. The maximum Gasteiger partial charge on any atom is 0.255 e. The lowest BCUT2D eigenvalue weighted by Crippen LogP contribution is -2.24. The molecule has 0 saturated heterocycles. The Hall–Kier alpha value is -3.15. The predicted molar refractivity (Wildman–Crippen MR) is 99.1 cm³/mol. The maximum absolute atomic E-state index is 12.6. The van der Waals surface area contributed by atoms with Crippen LogP contribution in [-0.4, -0.2) is 27.8 Å². The summed E-state index contributed by atoms with van der Waals surface area (Å²) in [6, 6.07) is 13.7. The van der Waals surface area contributed by atoms with Crippen LogP contribution in [0, 0.1) is 0 Å². The van der Waals surface area contributed by atoms with Crippen LogP contribution >= 0.6 is 0 Å². The maximum atomic E-state index is 12.6. The highest BCUT2D eigenvalue weighted by Gasteiger charge is 2.16. The van der Waals surface area contributed by atoms with Gasteiger partial charge in [-0.1, -0.05) is 43.3 Å².